The van der Waals surface area contributed by atoms with Crippen molar-refractivity contribution in [1.82, 2.24) is 0 Å². The molecular formula is C37H60Br2N2O4. The molecule has 6 aliphatic rings. The second-order valence-electron chi connectivity index (χ2n) is 16.8. The zero-order chi connectivity index (χ0) is 30.6. The second-order valence-corrected chi connectivity index (χ2v) is 16.8. The zero-order valence-corrected chi connectivity index (χ0v) is 31.9. The minimum atomic E-state index is -0.139. The number of nitrogens with zero attached hydrogens (tertiary/aromatic N) is 2. The topological polar surface area (TPSA) is 52.6 Å². The first-order valence-electron chi connectivity index (χ1n) is 17.9. The highest BCUT2D eigenvalue weighted by molar-refractivity contribution is 5.66. The highest BCUT2D eigenvalue weighted by Gasteiger charge is 2.68. The van der Waals surface area contributed by atoms with E-state index in [1.165, 1.54) is 77.3 Å². The molecule has 256 valence electrons. The van der Waals surface area contributed by atoms with Gasteiger partial charge in [-0.05, 0) is 106 Å². The number of ether oxygens (including phenoxy) is 2. The molecule has 45 heavy (non-hydrogen) atoms. The standard InChI is InChI=1S/C37H60N2O4.2BrH/c1-7-18-39(21-12-9-13-22-39)33-25-37(5)28(23-34(33)42-26(2)40)14-15-29-30(37)16-17-36(4)31(29)24-32(35(36)43-27(3)41)38(6)19-10-8-11-20-38;;/h1,28-35H,8-25H2,2-6H3;2*1H/q+2;;/p-2/t28?,29?,30?,31?,32?,33?,34-,35?,36?,37?;;/m0../s1. The first-order chi connectivity index (χ1) is 20.5. The minimum Gasteiger partial charge on any atom is -1.00 e. The van der Waals surface area contributed by atoms with Gasteiger partial charge in [0.15, 0.2) is 12.2 Å². The molecule has 0 radical (unpaired) electrons. The number of carbonyl (C=O) groups excluding carboxylic acids is 2. The molecule has 2 aliphatic heterocycles. The number of likely N-dealkylation sites (N-methyl/N-ethyl adjacent to an activating group) is 1. The quantitative estimate of drug-likeness (QED) is 0.228. The molecule has 4 saturated carbocycles. The zero-order valence-electron chi connectivity index (χ0n) is 28.7. The van der Waals surface area contributed by atoms with E-state index in [-0.39, 0.29) is 75.0 Å². The summed E-state index contributed by atoms with van der Waals surface area (Å²) in [7, 11) is 2.46. The van der Waals surface area contributed by atoms with E-state index in [9.17, 15) is 9.59 Å². The van der Waals surface area contributed by atoms with Gasteiger partial charge in [-0.3, -0.25) is 9.59 Å². The van der Waals surface area contributed by atoms with Gasteiger partial charge < -0.3 is 52.4 Å². The molecule has 0 aromatic carbocycles. The van der Waals surface area contributed by atoms with Crippen molar-refractivity contribution in [1.29, 1.82) is 0 Å². The Labute approximate surface area is 294 Å². The van der Waals surface area contributed by atoms with Gasteiger partial charge in [0.25, 0.3) is 0 Å². The van der Waals surface area contributed by atoms with E-state index in [1.54, 1.807) is 13.8 Å². The van der Waals surface area contributed by atoms with Crippen molar-refractivity contribution >= 4 is 11.9 Å². The van der Waals surface area contributed by atoms with E-state index >= 15 is 0 Å². The Morgan fingerprint density at radius 3 is 2.02 bits per heavy atom. The summed E-state index contributed by atoms with van der Waals surface area (Å²) in [4.78, 5) is 25.0. The Kier molecular flexibility index (Phi) is 11.6. The van der Waals surface area contributed by atoms with Crippen LogP contribution in [0.5, 0.6) is 0 Å². The second kappa shape index (κ2) is 14.1. The molecule has 0 aromatic heterocycles. The van der Waals surface area contributed by atoms with Crippen LogP contribution in [0.2, 0.25) is 0 Å². The molecule has 0 N–H and O–H groups in total. The predicted octanol–water partition coefficient (Wildman–Crippen LogP) is 0.122. The van der Waals surface area contributed by atoms with Crippen LogP contribution in [0.1, 0.15) is 111 Å². The van der Waals surface area contributed by atoms with Gasteiger partial charge in [-0.1, -0.05) is 13.8 Å². The van der Waals surface area contributed by atoms with Crippen LogP contribution >= 0.6 is 0 Å². The first kappa shape index (κ1) is 37.2. The van der Waals surface area contributed by atoms with Crippen molar-refractivity contribution < 1.29 is 62.0 Å². The number of likely N-dealkylation sites (tertiary alicyclic amines) is 2. The fourth-order valence-corrected chi connectivity index (χ4v) is 12.6. The maximum atomic E-state index is 12.6. The lowest BCUT2D eigenvalue weighted by atomic mass is 9.44. The van der Waals surface area contributed by atoms with E-state index in [0.717, 1.165) is 47.9 Å². The number of hydrogen-bond donors (Lipinski definition) is 0. The number of halogens is 2. The third kappa shape index (κ3) is 6.44. The van der Waals surface area contributed by atoms with Crippen LogP contribution in [0.4, 0.5) is 0 Å². The van der Waals surface area contributed by atoms with Gasteiger partial charge in [-0.15, -0.1) is 6.42 Å². The number of fused-ring (bicyclic) bond motifs is 5. The summed E-state index contributed by atoms with van der Waals surface area (Å²) in [5.41, 5.74) is 0.277. The molecule has 9 unspecified atom stereocenters. The molecule has 2 heterocycles. The number of carbonyl (C=O) groups is 2. The molecule has 6 nitrogen and oxygen atoms in total. The largest absolute Gasteiger partial charge is 1.00 e. The molecule has 0 bridgehead atoms. The third-order valence-corrected chi connectivity index (χ3v) is 14.7. The molecular weight excluding hydrogens is 696 g/mol. The normalized spacial score (nSPS) is 43.0. The van der Waals surface area contributed by atoms with Crippen LogP contribution in [0.25, 0.3) is 0 Å². The summed E-state index contributed by atoms with van der Waals surface area (Å²) in [6.07, 6.45) is 21.8. The first-order valence-corrected chi connectivity index (χ1v) is 17.9. The molecule has 0 aromatic rings. The van der Waals surface area contributed by atoms with Crippen LogP contribution in [0.3, 0.4) is 0 Å². The van der Waals surface area contributed by atoms with Crippen molar-refractivity contribution in [2.45, 2.75) is 135 Å². The summed E-state index contributed by atoms with van der Waals surface area (Å²) >= 11 is 0. The van der Waals surface area contributed by atoms with Crippen molar-refractivity contribution in [2.24, 2.45) is 34.5 Å². The molecule has 0 spiro atoms. The minimum absolute atomic E-state index is 0. The number of esters is 2. The summed E-state index contributed by atoms with van der Waals surface area (Å²) in [5, 5.41) is 0. The smallest absolute Gasteiger partial charge is 0.303 e. The Morgan fingerprint density at radius 2 is 1.42 bits per heavy atom. The lowest BCUT2D eigenvalue weighted by Gasteiger charge is -2.63. The average Bonchev–Trinajstić information content (AvgIpc) is 3.26. The molecule has 10 atom stereocenters. The van der Waals surface area contributed by atoms with Crippen molar-refractivity contribution in [3.8, 4) is 12.3 Å². The predicted molar refractivity (Wildman–Crippen MR) is 168 cm³/mol. The van der Waals surface area contributed by atoms with E-state index < -0.39 is 0 Å². The Morgan fingerprint density at radius 1 is 0.800 bits per heavy atom. The SMILES string of the molecule is C#CC[N+]1(C2CC3(C)C(CCC4C3CCC3(C)C4CC([N+]4(C)CCCCC4)C3OC(C)=O)C[C@@H]2OC(C)=O)CCCCC1.[Br-].[Br-]. The van der Waals surface area contributed by atoms with Crippen LogP contribution < -0.4 is 34.0 Å². The summed E-state index contributed by atoms with van der Waals surface area (Å²) in [5.74, 6) is 5.36. The van der Waals surface area contributed by atoms with Gasteiger partial charge in [0.2, 0.25) is 0 Å². The van der Waals surface area contributed by atoms with E-state index in [1.807, 2.05) is 0 Å². The van der Waals surface area contributed by atoms with Crippen molar-refractivity contribution in [2.75, 3.05) is 39.8 Å². The van der Waals surface area contributed by atoms with Gasteiger partial charge in [-0.25, -0.2) is 0 Å². The van der Waals surface area contributed by atoms with Crippen molar-refractivity contribution in [3.05, 3.63) is 0 Å². The Bertz CT molecular complexity index is 1110. The number of terminal acetylenes is 1. The molecule has 8 heteroatoms. The number of quaternary nitrogens is 2. The summed E-state index contributed by atoms with van der Waals surface area (Å²) < 4.78 is 14.6. The molecule has 4 aliphatic carbocycles. The Balaban J connectivity index is 0.00000230. The van der Waals surface area contributed by atoms with Crippen LogP contribution in [-0.4, -0.2) is 85.0 Å². The molecule has 0 amide bonds. The van der Waals surface area contributed by atoms with Crippen LogP contribution in [0.15, 0.2) is 0 Å². The highest BCUT2D eigenvalue weighted by Crippen LogP contribution is 2.68. The lowest BCUT2D eigenvalue weighted by Crippen LogP contribution is -3.00. The fraction of sp³-hybridized carbons (Fsp3) is 0.892. The van der Waals surface area contributed by atoms with Gasteiger partial charge >= 0.3 is 11.9 Å². The fourth-order valence-electron chi connectivity index (χ4n) is 12.6. The van der Waals surface area contributed by atoms with Crippen molar-refractivity contribution in [3.63, 3.8) is 0 Å². The van der Waals surface area contributed by atoms with E-state index in [0.29, 0.717) is 29.7 Å². The molecule has 2 saturated heterocycles. The van der Waals surface area contributed by atoms with Gasteiger partial charge in [0.05, 0.1) is 33.2 Å². The number of hydrogen-bond acceptors (Lipinski definition) is 4. The number of piperidine rings is 2. The highest BCUT2D eigenvalue weighted by atomic mass is 79.9. The van der Waals surface area contributed by atoms with Gasteiger partial charge in [0.1, 0.15) is 18.6 Å². The molecule has 6 fully saturated rings. The average molecular weight is 757 g/mol. The maximum absolute atomic E-state index is 12.6. The third-order valence-electron chi connectivity index (χ3n) is 14.7. The Hall–Kier alpha value is -0.620. The maximum Gasteiger partial charge on any atom is 0.303 e. The van der Waals surface area contributed by atoms with Crippen LogP contribution in [0, 0.1) is 46.8 Å². The van der Waals surface area contributed by atoms with E-state index in [2.05, 4.69) is 26.8 Å². The van der Waals surface area contributed by atoms with E-state index in [4.69, 9.17) is 15.9 Å². The molecule has 6 rings (SSSR count). The monoisotopic (exact) mass is 754 g/mol. The van der Waals surface area contributed by atoms with Crippen LogP contribution in [-0.2, 0) is 19.1 Å². The van der Waals surface area contributed by atoms with Gasteiger partial charge in [-0.2, -0.15) is 0 Å². The number of rotatable bonds is 5. The summed E-state index contributed by atoms with van der Waals surface area (Å²) in [6, 6.07) is 0.699. The van der Waals surface area contributed by atoms with Gasteiger partial charge in [0, 0.05) is 32.1 Å². The lowest BCUT2D eigenvalue weighted by molar-refractivity contribution is -0.954. The summed E-state index contributed by atoms with van der Waals surface area (Å²) in [6.45, 7) is 13.7.